The fourth-order valence-corrected chi connectivity index (χ4v) is 3.42. The number of hydrogen-bond donors (Lipinski definition) is 1. The van der Waals surface area contributed by atoms with Gasteiger partial charge in [0, 0.05) is 17.8 Å². The number of fused-ring (bicyclic) bond motifs is 1. The molecule has 1 aromatic carbocycles. The van der Waals surface area contributed by atoms with Gasteiger partial charge in [-0.3, -0.25) is 0 Å². The molecule has 23 heavy (non-hydrogen) atoms. The number of nitrogen functional groups attached to an aromatic ring is 1. The van der Waals surface area contributed by atoms with Gasteiger partial charge in [-0.2, -0.15) is 5.10 Å². The highest BCUT2D eigenvalue weighted by molar-refractivity contribution is 6.30. The summed E-state index contributed by atoms with van der Waals surface area (Å²) in [5.41, 5.74) is 7.94. The smallest absolute Gasteiger partial charge is 0.180 e. The first kappa shape index (κ1) is 14.3. The Morgan fingerprint density at radius 2 is 2.17 bits per heavy atom. The SMILES string of the molecule is Nc1cnn2ccc(N3CCCC3c3cc(F)cc(Cl)c3)nc12. The van der Waals surface area contributed by atoms with Gasteiger partial charge in [-0.25, -0.2) is 13.9 Å². The zero-order valence-electron chi connectivity index (χ0n) is 12.3. The Kier molecular flexibility index (Phi) is 3.34. The lowest BCUT2D eigenvalue weighted by Gasteiger charge is -2.26. The summed E-state index contributed by atoms with van der Waals surface area (Å²) in [5.74, 6) is 0.496. The van der Waals surface area contributed by atoms with Gasteiger partial charge in [-0.15, -0.1) is 0 Å². The molecule has 0 spiro atoms. The van der Waals surface area contributed by atoms with Gasteiger partial charge in [-0.1, -0.05) is 11.6 Å². The topological polar surface area (TPSA) is 59.4 Å². The van der Waals surface area contributed by atoms with E-state index < -0.39 is 0 Å². The van der Waals surface area contributed by atoms with Crippen LogP contribution in [-0.2, 0) is 0 Å². The first-order valence-electron chi connectivity index (χ1n) is 7.44. The molecule has 1 aliphatic heterocycles. The maximum absolute atomic E-state index is 13.7. The van der Waals surface area contributed by atoms with Gasteiger partial charge in [0.2, 0.25) is 0 Å². The van der Waals surface area contributed by atoms with Gasteiger partial charge < -0.3 is 10.6 Å². The monoisotopic (exact) mass is 331 g/mol. The number of rotatable bonds is 2. The molecule has 0 bridgehead atoms. The van der Waals surface area contributed by atoms with Gasteiger partial charge in [0.05, 0.1) is 17.9 Å². The first-order valence-corrected chi connectivity index (χ1v) is 7.82. The predicted molar refractivity (Wildman–Crippen MR) is 88.1 cm³/mol. The molecular weight excluding hydrogens is 317 g/mol. The molecule has 7 heteroatoms. The number of halogens is 2. The molecule has 5 nitrogen and oxygen atoms in total. The van der Waals surface area contributed by atoms with Gasteiger partial charge in [0.15, 0.2) is 5.65 Å². The summed E-state index contributed by atoms with van der Waals surface area (Å²) >= 11 is 6.00. The van der Waals surface area contributed by atoms with Crippen molar-refractivity contribution in [2.75, 3.05) is 17.2 Å². The lowest BCUT2D eigenvalue weighted by molar-refractivity contribution is 0.618. The quantitative estimate of drug-likeness (QED) is 0.781. The van der Waals surface area contributed by atoms with Gasteiger partial charge in [0.25, 0.3) is 0 Å². The third-order valence-corrected chi connectivity index (χ3v) is 4.42. The average molecular weight is 332 g/mol. The van der Waals surface area contributed by atoms with Crippen LogP contribution in [0.5, 0.6) is 0 Å². The minimum atomic E-state index is -0.317. The fraction of sp³-hybridized carbons (Fsp3) is 0.250. The number of aromatic nitrogens is 3. The number of benzene rings is 1. The van der Waals surface area contributed by atoms with Crippen LogP contribution in [0, 0.1) is 5.82 Å². The second kappa shape index (κ2) is 5.38. The van der Waals surface area contributed by atoms with E-state index in [1.807, 2.05) is 18.3 Å². The van der Waals surface area contributed by atoms with Crippen molar-refractivity contribution in [1.82, 2.24) is 14.6 Å². The van der Waals surface area contributed by atoms with E-state index in [9.17, 15) is 4.39 Å². The van der Waals surface area contributed by atoms with E-state index >= 15 is 0 Å². The maximum Gasteiger partial charge on any atom is 0.180 e. The van der Waals surface area contributed by atoms with Gasteiger partial charge in [-0.05, 0) is 42.7 Å². The second-order valence-electron chi connectivity index (χ2n) is 5.71. The van der Waals surface area contributed by atoms with Crippen LogP contribution in [0.4, 0.5) is 15.9 Å². The van der Waals surface area contributed by atoms with Crippen molar-refractivity contribution in [3.05, 3.63) is 53.1 Å². The van der Waals surface area contributed by atoms with Crippen molar-refractivity contribution in [3.8, 4) is 0 Å². The average Bonchev–Trinajstić information content (AvgIpc) is 3.13. The Bertz CT molecular complexity index is 858. The number of hydrogen-bond acceptors (Lipinski definition) is 4. The van der Waals surface area contributed by atoms with E-state index in [4.69, 9.17) is 17.3 Å². The Morgan fingerprint density at radius 1 is 1.30 bits per heavy atom. The number of nitrogens with two attached hydrogens (primary N) is 1. The minimum Gasteiger partial charge on any atom is -0.394 e. The molecule has 1 atom stereocenters. The van der Waals surface area contributed by atoms with Crippen LogP contribution in [0.2, 0.25) is 5.02 Å². The summed E-state index contributed by atoms with van der Waals surface area (Å²) in [4.78, 5) is 6.78. The maximum atomic E-state index is 13.7. The predicted octanol–water partition coefficient (Wildman–Crippen LogP) is 3.45. The summed E-state index contributed by atoms with van der Waals surface area (Å²) < 4.78 is 15.3. The molecule has 0 radical (unpaired) electrons. The molecule has 4 rings (SSSR count). The molecule has 1 aliphatic rings. The van der Waals surface area contributed by atoms with Crippen LogP contribution in [-0.4, -0.2) is 21.1 Å². The Balaban J connectivity index is 1.75. The van der Waals surface area contributed by atoms with E-state index in [2.05, 4.69) is 15.0 Å². The normalized spacial score (nSPS) is 18.0. The van der Waals surface area contributed by atoms with Crippen molar-refractivity contribution in [2.24, 2.45) is 0 Å². The van der Waals surface area contributed by atoms with Crippen LogP contribution in [0.3, 0.4) is 0 Å². The molecule has 3 heterocycles. The van der Waals surface area contributed by atoms with Gasteiger partial charge >= 0.3 is 0 Å². The van der Waals surface area contributed by atoms with Crippen molar-refractivity contribution < 1.29 is 4.39 Å². The molecule has 1 unspecified atom stereocenters. The molecule has 0 saturated carbocycles. The molecule has 2 N–H and O–H groups in total. The standard InChI is InChI=1S/C16H15ClFN5/c17-11-6-10(7-12(18)8-11)14-2-1-4-22(14)15-3-5-23-16(21-15)13(19)9-20-23/h3,5-9,14H,1-2,4,19H2. The zero-order chi connectivity index (χ0) is 16.0. The highest BCUT2D eigenvalue weighted by atomic mass is 35.5. The van der Waals surface area contributed by atoms with Crippen LogP contribution >= 0.6 is 11.6 Å². The summed E-state index contributed by atoms with van der Waals surface area (Å²) in [6, 6.07) is 6.64. The van der Waals surface area contributed by atoms with Crippen molar-refractivity contribution in [3.63, 3.8) is 0 Å². The van der Waals surface area contributed by atoms with Gasteiger partial charge in [0.1, 0.15) is 11.6 Å². The second-order valence-corrected chi connectivity index (χ2v) is 6.14. The van der Waals surface area contributed by atoms with Crippen molar-refractivity contribution >= 4 is 28.8 Å². The van der Waals surface area contributed by atoms with Crippen molar-refractivity contribution in [2.45, 2.75) is 18.9 Å². The Hall–Kier alpha value is -2.34. The lowest BCUT2D eigenvalue weighted by atomic mass is 10.0. The zero-order valence-corrected chi connectivity index (χ0v) is 13.0. The fourth-order valence-electron chi connectivity index (χ4n) is 3.19. The molecule has 1 saturated heterocycles. The highest BCUT2D eigenvalue weighted by Gasteiger charge is 2.28. The summed E-state index contributed by atoms with van der Waals surface area (Å²) in [6.07, 6.45) is 5.36. The van der Waals surface area contributed by atoms with E-state index in [1.54, 1.807) is 16.8 Å². The minimum absolute atomic E-state index is 0.0577. The summed E-state index contributed by atoms with van der Waals surface area (Å²) in [7, 11) is 0. The van der Waals surface area contributed by atoms with Crippen LogP contribution < -0.4 is 10.6 Å². The third kappa shape index (κ3) is 2.49. The summed E-state index contributed by atoms with van der Waals surface area (Å²) in [5, 5.41) is 4.54. The Labute approximate surface area is 137 Å². The van der Waals surface area contributed by atoms with E-state index in [0.29, 0.717) is 16.4 Å². The summed E-state index contributed by atoms with van der Waals surface area (Å²) in [6.45, 7) is 0.857. The highest BCUT2D eigenvalue weighted by Crippen LogP contribution is 2.36. The van der Waals surface area contributed by atoms with Crippen LogP contribution in [0.1, 0.15) is 24.4 Å². The van der Waals surface area contributed by atoms with E-state index in [-0.39, 0.29) is 11.9 Å². The van der Waals surface area contributed by atoms with Crippen LogP contribution in [0.15, 0.2) is 36.7 Å². The Morgan fingerprint density at radius 3 is 3.00 bits per heavy atom. The molecule has 2 aromatic heterocycles. The molecule has 0 amide bonds. The largest absolute Gasteiger partial charge is 0.394 e. The molecule has 1 fully saturated rings. The van der Waals surface area contributed by atoms with Crippen molar-refractivity contribution in [1.29, 1.82) is 0 Å². The lowest BCUT2D eigenvalue weighted by Crippen LogP contribution is -2.24. The molecule has 3 aromatic rings. The van der Waals surface area contributed by atoms with E-state index in [1.165, 1.54) is 6.07 Å². The first-order chi connectivity index (χ1) is 11.1. The number of anilines is 2. The molecule has 118 valence electrons. The molecule has 0 aliphatic carbocycles. The molecular formula is C16H15ClFN5. The third-order valence-electron chi connectivity index (χ3n) is 4.20. The van der Waals surface area contributed by atoms with Crippen LogP contribution in [0.25, 0.3) is 5.65 Å². The van der Waals surface area contributed by atoms with E-state index in [0.717, 1.165) is 30.8 Å². The number of nitrogens with zero attached hydrogens (tertiary/aromatic N) is 4.